The molecule has 0 N–H and O–H groups in total. The van der Waals surface area contributed by atoms with Crippen LogP contribution < -0.4 is 0 Å². The van der Waals surface area contributed by atoms with Crippen LogP contribution in [0.4, 0.5) is 0 Å². The molecule has 0 unspecified atom stereocenters. The zero-order chi connectivity index (χ0) is 12.5. The van der Waals surface area contributed by atoms with E-state index >= 15 is 0 Å². The summed E-state index contributed by atoms with van der Waals surface area (Å²) in [6, 6.07) is 7.96. The second-order valence-corrected chi connectivity index (χ2v) is 5.51. The van der Waals surface area contributed by atoms with Crippen molar-refractivity contribution in [1.29, 1.82) is 0 Å². The fourth-order valence-corrected chi connectivity index (χ4v) is 2.94. The molecule has 3 rings (SSSR count). The number of aryl methyl sites for hydroxylation is 1. The summed E-state index contributed by atoms with van der Waals surface area (Å²) in [5.74, 6) is 0. The molecule has 0 atom stereocenters. The fraction of sp³-hybridized carbons (Fsp3) is 0.143. The Balaban J connectivity index is 2.09. The van der Waals surface area contributed by atoms with Gasteiger partial charge in [0, 0.05) is 33.7 Å². The molecule has 3 aromatic rings. The van der Waals surface area contributed by atoms with E-state index in [4.69, 9.17) is 0 Å². The number of thiazole rings is 1. The minimum absolute atomic E-state index is 0.742. The van der Waals surface area contributed by atoms with Crippen molar-refractivity contribution >= 4 is 28.5 Å². The van der Waals surface area contributed by atoms with E-state index in [1.165, 1.54) is 4.88 Å². The summed E-state index contributed by atoms with van der Waals surface area (Å²) in [6.07, 6.45) is 4.72. The summed E-state index contributed by atoms with van der Waals surface area (Å²) >= 11 is 1.69. The van der Waals surface area contributed by atoms with Crippen molar-refractivity contribution in [3.63, 3.8) is 0 Å². The number of aromatic nitrogens is 2. The monoisotopic (exact) mass is 256 g/mol. The first-order valence-electron chi connectivity index (χ1n) is 5.72. The Labute approximate surface area is 109 Å². The van der Waals surface area contributed by atoms with Crippen LogP contribution in [0.1, 0.15) is 20.2 Å². The lowest BCUT2D eigenvalue weighted by Gasteiger charge is -2.02. The first-order chi connectivity index (χ1) is 8.78. The SMILES string of the molecule is Cc1ncc(Cn2cc(C=O)c3ccccc32)s1. The van der Waals surface area contributed by atoms with Crippen LogP contribution >= 0.6 is 11.3 Å². The molecule has 0 radical (unpaired) electrons. The Kier molecular flexibility index (Phi) is 2.72. The summed E-state index contributed by atoms with van der Waals surface area (Å²) < 4.78 is 2.10. The van der Waals surface area contributed by atoms with Crippen molar-refractivity contribution in [1.82, 2.24) is 9.55 Å². The van der Waals surface area contributed by atoms with Gasteiger partial charge in [0.2, 0.25) is 0 Å². The number of carbonyl (C=O) groups excluding carboxylic acids is 1. The minimum atomic E-state index is 0.742. The van der Waals surface area contributed by atoms with Gasteiger partial charge < -0.3 is 4.57 Å². The highest BCUT2D eigenvalue weighted by atomic mass is 32.1. The Morgan fingerprint density at radius 1 is 1.39 bits per heavy atom. The van der Waals surface area contributed by atoms with Gasteiger partial charge in [-0.3, -0.25) is 4.79 Å². The molecule has 3 nitrogen and oxygen atoms in total. The highest BCUT2D eigenvalue weighted by molar-refractivity contribution is 7.11. The predicted octanol–water partition coefficient (Wildman–Crippen LogP) is 3.27. The number of para-hydroxylation sites is 1. The van der Waals surface area contributed by atoms with Gasteiger partial charge in [0.05, 0.1) is 11.6 Å². The Morgan fingerprint density at radius 3 is 2.94 bits per heavy atom. The average molecular weight is 256 g/mol. The molecule has 2 aromatic heterocycles. The van der Waals surface area contributed by atoms with Gasteiger partial charge in [-0.25, -0.2) is 4.98 Å². The topological polar surface area (TPSA) is 34.9 Å². The van der Waals surface area contributed by atoms with Crippen molar-refractivity contribution < 1.29 is 4.79 Å². The van der Waals surface area contributed by atoms with E-state index in [1.54, 1.807) is 11.3 Å². The fourth-order valence-electron chi connectivity index (χ4n) is 2.15. The molecule has 0 aliphatic carbocycles. The largest absolute Gasteiger partial charge is 0.341 e. The molecule has 18 heavy (non-hydrogen) atoms. The molecule has 0 spiro atoms. The van der Waals surface area contributed by atoms with Crippen LogP contribution in [0.3, 0.4) is 0 Å². The van der Waals surface area contributed by atoms with Crippen LogP contribution in [-0.4, -0.2) is 15.8 Å². The van der Waals surface area contributed by atoms with Gasteiger partial charge in [0.15, 0.2) is 6.29 Å². The zero-order valence-electron chi connectivity index (χ0n) is 9.96. The van der Waals surface area contributed by atoms with Gasteiger partial charge in [0.1, 0.15) is 0 Å². The quantitative estimate of drug-likeness (QED) is 0.674. The third kappa shape index (κ3) is 1.84. The van der Waals surface area contributed by atoms with Crippen molar-refractivity contribution in [3.8, 4) is 0 Å². The zero-order valence-corrected chi connectivity index (χ0v) is 10.8. The molecule has 0 fully saturated rings. The molecule has 90 valence electrons. The highest BCUT2D eigenvalue weighted by Crippen LogP contribution is 2.22. The number of benzene rings is 1. The number of fused-ring (bicyclic) bond motifs is 1. The molecular weight excluding hydrogens is 244 g/mol. The average Bonchev–Trinajstić information content (AvgIpc) is 2.95. The molecule has 0 saturated heterocycles. The van der Waals surface area contributed by atoms with Crippen molar-refractivity contribution in [2.75, 3.05) is 0 Å². The molecule has 0 amide bonds. The molecule has 0 aliphatic heterocycles. The summed E-state index contributed by atoms with van der Waals surface area (Å²) in [5, 5.41) is 2.07. The van der Waals surface area contributed by atoms with Gasteiger partial charge in [-0.15, -0.1) is 11.3 Å². The molecule has 0 saturated carbocycles. The van der Waals surface area contributed by atoms with Gasteiger partial charge in [0.25, 0.3) is 0 Å². The maximum atomic E-state index is 11.1. The standard InChI is InChI=1S/C14H12N2OS/c1-10-15-6-12(18-10)8-16-7-11(9-17)13-4-2-3-5-14(13)16/h2-7,9H,8H2,1H3. The maximum absolute atomic E-state index is 11.1. The third-order valence-corrected chi connectivity index (χ3v) is 3.84. The Morgan fingerprint density at radius 2 is 2.22 bits per heavy atom. The Hall–Kier alpha value is -1.94. The lowest BCUT2D eigenvalue weighted by Crippen LogP contribution is -1.95. The van der Waals surface area contributed by atoms with Gasteiger partial charge >= 0.3 is 0 Å². The van der Waals surface area contributed by atoms with Crippen molar-refractivity contribution in [2.24, 2.45) is 0 Å². The van der Waals surface area contributed by atoms with Crippen LogP contribution in [0.5, 0.6) is 0 Å². The van der Waals surface area contributed by atoms with Crippen LogP contribution in [0.2, 0.25) is 0 Å². The maximum Gasteiger partial charge on any atom is 0.152 e. The first kappa shape index (κ1) is 11.2. The number of nitrogens with zero attached hydrogens (tertiary/aromatic N) is 2. The molecule has 2 heterocycles. The van der Waals surface area contributed by atoms with E-state index in [0.717, 1.165) is 34.3 Å². The van der Waals surface area contributed by atoms with E-state index in [-0.39, 0.29) is 0 Å². The lowest BCUT2D eigenvalue weighted by atomic mass is 10.2. The number of carbonyl (C=O) groups is 1. The van der Waals surface area contributed by atoms with Crippen LogP contribution in [0.25, 0.3) is 10.9 Å². The molecule has 0 aliphatic rings. The van der Waals surface area contributed by atoms with Gasteiger partial charge in [-0.2, -0.15) is 0 Å². The summed E-state index contributed by atoms with van der Waals surface area (Å²) in [6.45, 7) is 2.76. The lowest BCUT2D eigenvalue weighted by molar-refractivity contribution is 0.112. The van der Waals surface area contributed by atoms with Crippen molar-refractivity contribution in [2.45, 2.75) is 13.5 Å². The second-order valence-electron chi connectivity index (χ2n) is 4.19. The normalized spacial score (nSPS) is 10.9. The van der Waals surface area contributed by atoms with Crippen LogP contribution in [0, 0.1) is 6.92 Å². The molecular formula is C14H12N2OS. The number of rotatable bonds is 3. The van der Waals surface area contributed by atoms with E-state index in [2.05, 4.69) is 9.55 Å². The number of aldehydes is 1. The second kappa shape index (κ2) is 4.38. The van der Waals surface area contributed by atoms with Crippen LogP contribution in [-0.2, 0) is 6.54 Å². The van der Waals surface area contributed by atoms with Crippen LogP contribution in [0.15, 0.2) is 36.7 Å². The van der Waals surface area contributed by atoms with E-state index in [9.17, 15) is 4.79 Å². The summed E-state index contributed by atoms with van der Waals surface area (Å²) in [7, 11) is 0. The predicted molar refractivity (Wildman–Crippen MR) is 73.3 cm³/mol. The van der Waals surface area contributed by atoms with E-state index in [0.29, 0.717) is 0 Å². The molecule has 1 aromatic carbocycles. The first-order valence-corrected chi connectivity index (χ1v) is 6.54. The minimum Gasteiger partial charge on any atom is -0.341 e. The smallest absolute Gasteiger partial charge is 0.152 e. The van der Waals surface area contributed by atoms with Crippen molar-refractivity contribution in [3.05, 3.63) is 52.1 Å². The van der Waals surface area contributed by atoms with E-state index in [1.807, 2.05) is 43.6 Å². The summed E-state index contributed by atoms with van der Waals surface area (Å²) in [5.41, 5.74) is 1.83. The number of hydrogen-bond acceptors (Lipinski definition) is 3. The van der Waals surface area contributed by atoms with Gasteiger partial charge in [-0.05, 0) is 13.0 Å². The third-order valence-electron chi connectivity index (χ3n) is 2.94. The van der Waals surface area contributed by atoms with E-state index < -0.39 is 0 Å². The number of hydrogen-bond donors (Lipinski definition) is 0. The van der Waals surface area contributed by atoms with Gasteiger partial charge in [-0.1, -0.05) is 18.2 Å². The Bertz CT molecular complexity index is 711. The summed E-state index contributed by atoms with van der Waals surface area (Å²) in [4.78, 5) is 16.5. The molecule has 0 bridgehead atoms. The highest BCUT2D eigenvalue weighted by Gasteiger charge is 2.08. The molecule has 4 heteroatoms.